The topological polar surface area (TPSA) is 3.24 Å². The van der Waals surface area contributed by atoms with Crippen LogP contribution in [0, 0.1) is 0 Å². The first-order valence-electron chi connectivity index (χ1n) is 3.26. The van der Waals surface area contributed by atoms with Crippen LogP contribution < -0.4 is 4.90 Å². The van der Waals surface area contributed by atoms with Crippen molar-refractivity contribution < 1.29 is 0 Å². The van der Waals surface area contributed by atoms with Crippen molar-refractivity contribution in [2.75, 3.05) is 17.4 Å². The Morgan fingerprint density at radius 1 is 1.45 bits per heavy atom. The average Bonchev–Trinajstić information content (AvgIpc) is 2.03. The second-order valence-corrected chi connectivity index (χ2v) is 3.71. The molecule has 1 aromatic rings. The lowest BCUT2D eigenvalue weighted by molar-refractivity contribution is 1.11. The van der Waals surface area contributed by atoms with Gasteiger partial charge in [0.1, 0.15) is 0 Å². The Labute approximate surface area is 83.7 Å². The molecule has 0 unspecified atom stereocenters. The monoisotopic (exact) mass is 277 g/mol. The van der Waals surface area contributed by atoms with Crippen molar-refractivity contribution in [3.05, 3.63) is 28.7 Å². The van der Waals surface area contributed by atoms with E-state index in [-0.39, 0.29) is 0 Å². The third kappa shape index (κ3) is 2.49. The number of benzene rings is 1. The molecule has 1 rings (SSSR count). The molecule has 0 fully saturated rings. The molecule has 1 aromatic carbocycles. The minimum absolute atomic E-state index is 0.851. The maximum absolute atomic E-state index is 3.42. The number of halogens is 2. The molecule has 0 N–H and O–H groups in total. The van der Waals surface area contributed by atoms with E-state index < -0.39 is 0 Å². The van der Waals surface area contributed by atoms with E-state index in [9.17, 15) is 0 Å². The Balaban J connectivity index is 2.86. The average molecular weight is 279 g/mol. The summed E-state index contributed by atoms with van der Waals surface area (Å²) in [6, 6.07) is 8.21. The van der Waals surface area contributed by atoms with Crippen molar-refractivity contribution >= 4 is 37.5 Å². The van der Waals surface area contributed by atoms with Crippen molar-refractivity contribution in [1.82, 2.24) is 0 Å². The van der Waals surface area contributed by atoms with Gasteiger partial charge in [-0.15, -0.1) is 0 Å². The van der Waals surface area contributed by atoms with E-state index in [1.807, 2.05) is 19.2 Å². The van der Waals surface area contributed by atoms with Crippen LogP contribution in [0.3, 0.4) is 0 Å². The van der Waals surface area contributed by atoms with E-state index in [0.717, 1.165) is 9.93 Å². The number of alkyl halides is 1. The molecule has 0 spiro atoms. The zero-order chi connectivity index (χ0) is 8.27. The normalized spacial score (nSPS) is 9.73. The first-order chi connectivity index (χ1) is 5.24. The van der Waals surface area contributed by atoms with E-state index in [4.69, 9.17) is 0 Å². The Hall–Kier alpha value is -0.0200. The molecular weight excluding hydrogens is 270 g/mol. The fourth-order valence-corrected chi connectivity index (χ4v) is 1.46. The predicted molar refractivity (Wildman–Crippen MR) is 56.3 cm³/mol. The van der Waals surface area contributed by atoms with E-state index in [0.29, 0.717) is 0 Å². The Bertz CT molecular complexity index is 237. The molecule has 0 aromatic heterocycles. The fourth-order valence-electron chi connectivity index (χ4n) is 0.783. The van der Waals surface area contributed by atoms with Gasteiger partial charge in [0.25, 0.3) is 0 Å². The van der Waals surface area contributed by atoms with Gasteiger partial charge in [-0.3, -0.25) is 0 Å². The summed E-state index contributed by atoms with van der Waals surface area (Å²) in [5.41, 5.74) is 2.06. The molecule has 0 saturated carbocycles. The van der Waals surface area contributed by atoms with Gasteiger partial charge >= 0.3 is 0 Å². The number of anilines is 1. The second kappa shape index (κ2) is 4.12. The molecule has 0 heterocycles. The van der Waals surface area contributed by atoms with Gasteiger partial charge in [0, 0.05) is 17.2 Å². The van der Waals surface area contributed by atoms with Crippen molar-refractivity contribution in [1.29, 1.82) is 0 Å². The summed E-state index contributed by atoms with van der Waals surface area (Å²) in [5.74, 6) is 0. The highest BCUT2D eigenvalue weighted by molar-refractivity contribution is 9.10. The fraction of sp³-hybridized carbons (Fsp3) is 0.250. The molecule has 3 heteroatoms. The highest BCUT2D eigenvalue weighted by Crippen LogP contribution is 2.18. The SMILES string of the molecule is CN(CBr)c1cccc(Br)c1. The second-order valence-electron chi connectivity index (χ2n) is 2.30. The first-order valence-corrected chi connectivity index (χ1v) is 5.18. The zero-order valence-electron chi connectivity index (χ0n) is 6.22. The molecule has 60 valence electrons. The van der Waals surface area contributed by atoms with Crippen LogP contribution in [0.1, 0.15) is 0 Å². The number of rotatable bonds is 2. The molecule has 0 saturated heterocycles. The van der Waals surface area contributed by atoms with Gasteiger partial charge in [0.2, 0.25) is 0 Å². The molecular formula is C8H9Br2N. The minimum Gasteiger partial charge on any atom is -0.365 e. The number of hydrogen-bond donors (Lipinski definition) is 0. The quantitative estimate of drug-likeness (QED) is 0.593. The summed E-state index contributed by atoms with van der Waals surface area (Å²) in [5, 5.41) is 0. The van der Waals surface area contributed by atoms with Gasteiger partial charge < -0.3 is 4.90 Å². The Kier molecular flexibility index (Phi) is 3.40. The molecule has 0 amide bonds. The summed E-state index contributed by atoms with van der Waals surface area (Å²) in [6.45, 7) is 0. The van der Waals surface area contributed by atoms with Crippen molar-refractivity contribution in [3.63, 3.8) is 0 Å². The highest BCUT2D eigenvalue weighted by atomic mass is 79.9. The van der Waals surface area contributed by atoms with E-state index >= 15 is 0 Å². The van der Waals surface area contributed by atoms with Crippen LogP contribution in [0.2, 0.25) is 0 Å². The smallest absolute Gasteiger partial charge is 0.0732 e. The maximum atomic E-state index is 3.42. The summed E-state index contributed by atoms with van der Waals surface area (Å²) >= 11 is 6.80. The molecule has 0 aliphatic carbocycles. The van der Waals surface area contributed by atoms with Crippen molar-refractivity contribution in [2.24, 2.45) is 0 Å². The van der Waals surface area contributed by atoms with E-state index in [1.165, 1.54) is 5.69 Å². The number of nitrogens with zero attached hydrogens (tertiary/aromatic N) is 1. The lowest BCUT2D eigenvalue weighted by Gasteiger charge is -2.15. The van der Waals surface area contributed by atoms with E-state index in [1.54, 1.807) is 0 Å². The van der Waals surface area contributed by atoms with Crippen LogP contribution in [0.4, 0.5) is 5.69 Å². The first kappa shape index (κ1) is 9.07. The highest BCUT2D eigenvalue weighted by Gasteiger charge is 1.97. The summed E-state index contributed by atoms with van der Waals surface area (Å²) in [7, 11) is 2.04. The van der Waals surface area contributed by atoms with Gasteiger partial charge in [-0.1, -0.05) is 37.9 Å². The van der Waals surface area contributed by atoms with Gasteiger partial charge in [0.15, 0.2) is 0 Å². The van der Waals surface area contributed by atoms with Crippen LogP contribution in [0.25, 0.3) is 0 Å². The predicted octanol–water partition coefficient (Wildman–Crippen LogP) is 3.24. The molecule has 0 aliphatic heterocycles. The van der Waals surface area contributed by atoms with Gasteiger partial charge in [-0.2, -0.15) is 0 Å². The minimum atomic E-state index is 0.851. The largest absolute Gasteiger partial charge is 0.365 e. The zero-order valence-corrected chi connectivity index (χ0v) is 9.39. The van der Waals surface area contributed by atoms with Crippen LogP contribution in [-0.4, -0.2) is 12.5 Å². The van der Waals surface area contributed by atoms with Crippen LogP contribution >= 0.6 is 31.9 Å². The van der Waals surface area contributed by atoms with E-state index in [2.05, 4.69) is 48.9 Å². The van der Waals surface area contributed by atoms with Crippen LogP contribution in [0.5, 0.6) is 0 Å². The molecule has 1 nitrogen and oxygen atoms in total. The molecule has 11 heavy (non-hydrogen) atoms. The Morgan fingerprint density at radius 3 is 2.73 bits per heavy atom. The van der Waals surface area contributed by atoms with Crippen LogP contribution in [-0.2, 0) is 0 Å². The molecule has 0 atom stereocenters. The van der Waals surface area contributed by atoms with Gasteiger partial charge in [-0.25, -0.2) is 0 Å². The molecule has 0 bridgehead atoms. The van der Waals surface area contributed by atoms with Gasteiger partial charge in [0.05, 0.1) is 5.45 Å². The Morgan fingerprint density at radius 2 is 2.18 bits per heavy atom. The van der Waals surface area contributed by atoms with Gasteiger partial charge in [-0.05, 0) is 18.2 Å². The summed E-state index contributed by atoms with van der Waals surface area (Å²) < 4.78 is 1.11. The van der Waals surface area contributed by atoms with Crippen LogP contribution in [0.15, 0.2) is 28.7 Å². The lowest BCUT2D eigenvalue weighted by Crippen LogP contribution is -2.13. The summed E-state index contributed by atoms with van der Waals surface area (Å²) in [4.78, 5) is 2.12. The maximum Gasteiger partial charge on any atom is 0.0732 e. The molecule has 0 aliphatic rings. The third-order valence-corrected chi connectivity index (χ3v) is 2.67. The molecule has 0 radical (unpaired) electrons. The summed E-state index contributed by atoms with van der Waals surface area (Å²) in [6.07, 6.45) is 0. The number of hydrogen-bond acceptors (Lipinski definition) is 1. The van der Waals surface area contributed by atoms with Crippen molar-refractivity contribution in [3.8, 4) is 0 Å². The standard InChI is InChI=1S/C8H9Br2N/c1-11(6-9)8-4-2-3-7(10)5-8/h2-5H,6H2,1H3. The third-order valence-electron chi connectivity index (χ3n) is 1.43. The van der Waals surface area contributed by atoms with Crippen molar-refractivity contribution in [2.45, 2.75) is 0 Å². The lowest BCUT2D eigenvalue weighted by atomic mass is 10.3.